The van der Waals surface area contributed by atoms with Crippen LogP contribution in [0.2, 0.25) is 0 Å². The van der Waals surface area contributed by atoms with Crippen LogP contribution in [0.3, 0.4) is 0 Å². The lowest BCUT2D eigenvalue weighted by Gasteiger charge is -2.08. The van der Waals surface area contributed by atoms with Gasteiger partial charge in [0, 0.05) is 10.2 Å². The second kappa shape index (κ2) is 5.85. The smallest absolute Gasteiger partial charge is 0.256 e. The Labute approximate surface area is 124 Å². The normalized spacial score (nSPS) is 9.90. The first-order chi connectivity index (χ1) is 9.51. The van der Waals surface area contributed by atoms with Gasteiger partial charge in [-0.2, -0.15) is 5.26 Å². The Morgan fingerprint density at radius 1 is 1.30 bits per heavy atom. The summed E-state index contributed by atoms with van der Waals surface area (Å²) in [5.74, 6) is -0.932. The summed E-state index contributed by atoms with van der Waals surface area (Å²) in [6, 6.07) is 11.0. The highest BCUT2D eigenvalue weighted by atomic mass is 79.9. The van der Waals surface area contributed by atoms with Gasteiger partial charge in [0.15, 0.2) is 0 Å². The van der Waals surface area contributed by atoms with Crippen molar-refractivity contribution in [3.05, 3.63) is 63.4 Å². The molecule has 1 amide bonds. The number of nitrogens with zero attached hydrogens (tertiary/aromatic N) is 1. The maximum Gasteiger partial charge on any atom is 0.256 e. The maximum absolute atomic E-state index is 13.2. The maximum atomic E-state index is 13.2. The molecular weight excluding hydrogens is 323 g/mol. The second-order valence-electron chi connectivity index (χ2n) is 4.24. The predicted molar refractivity (Wildman–Crippen MR) is 77.9 cm³/mol. The molecule has 0 saturated carbocycles. The minimum Gasteiger partial charge on any atom is -0.322 e. The van der Waals surface area contributed by atoms with Gasteiger partial charge < -0.3 is 5.32 Å². The van der Waals surface area contributed by atoms with Gasteiger partial charge in [0.25, 0.3) is 5.91 Å². The van der Waals surface area contributed by atoms with Gasteiger partial charge in [-0.3, -0.25) is 4.79 Å². The standard InChI is InChI=1S/C15H10BrFN2O/c1-9-2-4-13(16)12(6-9)15(20)19-11-3-5-14(17)10(7-11)8-18/h2-7H,1H3,(H,19,20). The average Bonchev–Trinajstić information content (AvgIpc) is 2.43. The van der Waals surface area contributed by atoms with Crippen molar-refractivity contribution in [2.45, 2.75) is 6.92 Å². The lowest BCUT2D eigenvalue weighted by Crippen LogP contribution is -2.13. The number of halogens is 2. The largest absolute Gasteiger partial charge is 0.322 e. The fourth-order valence-electron chi connectivity index (χ4n) is 1.70. The van der Waals surface area contributed by atoms with Crippen LogP contribution in [0.5, 0.6) is 0 Å². The van der Waals surface area contributed by atoms with Crippen molar-refractivity contribution in [2.24, 2.45) is 0 Å². The molecule has 3 nitrogen and oxygen atoms in total. The summed E-state index contributed by atoms with van der Waals surface area (Å²) in [6.07, 6.45) is 0. The molecule has 0 aliphatic heterocycles. The highest BCUT2D eigenvalue weighted by Crippen LogP contribution is 2.20. The molecule has 0 heterocycles. The number of rotatable bonds is 2. The number of benzene rings is 2. The minimum atomic E-state index is -0.609. The third-order valence-electron chi connectivity index (χ3n) is 2.71. The van der Waals surface area contributed by atoms with Gasteiger partial charge in [0.1, 0.15) is 11.9 Å². The van der Waals surface area contributed by atoms with Gasteiger partial charge in [-0.25, -0.2) is 4.39 Å². The number of anilines is 1. The van der Waals surface area contributed by atoms with Gasteiger partial charge in [0.05, 0.1) is 11.1 Å². The molecule has 0 aromatic heterocycles. The fourth-order valence-corrected chi connectivity index (χ4v) is 2.13. The van der Waals surface area contributed by atoms with Gasteiger partial charge in [0.2, 0.25) is 0 Å². The second-order valence-corrected chi connectivity index (χ2v) is 5.10. The van der Waals surface area contributed by atoms with Crippen LogP contribution in [0.4, 0.5) is 10.1 Å². The fraction of sp³-hybridized carbons (Fsp3) is 0.0667. The molecule has 0 unspecified atom stereocenters. The molecule has 20 heavy (non-hydrogen) atoms. The van der Waals surface area contributed by atoms with Crippen LogP contribution >= 0.6 is 15.9 Å². The lowest BCUT2D eigenvalue weighted by molar-refractivity contribution is 0.102. The number of hydrogen-bond donors (Lipinski definition) is 1. The molecular formula is C15H10BrFN2O. The van der Waals surface area contributed by atoms with E-state index in [0.29, 0.717) is 15.7 Å². The van der Waals surface area contributed by atoms with Gasteiger partial charge in [-0.05, 0) is 53.2 Å². The summed E-state index contributed by atoms with van der Waals surface area (Å²) in [4.78, 5) is 12.2. The third kappa shape index (κ3) is 3.03. The number of hydrogen-bond acceptors (Lipinski definition) is 2. The number of nitrogens with one attached hydrogen (secondary N) is 1. The molecule has 0 aliphatic carbocycles. The highest BCUT2D eigenvalue weighted by Gasteiger charge is 2.11. The molecule has 0 bridgehead atoms. The molecule has 5 heteroatoms. The summed E-state index contributed by atoms with van der Waals surface area (Å²) in [5, 5.41) is 11.4. The number of carbonyl (C=O) groups excluding carboxylic acids is 1. The summed E-state index contributed by atoms with van der Waals surface area (Å²) in [7, 11) is 0. The summed E-state index contributed by atoms with van der Waals surface area (Å²) >= 11 is 3.31. The van der Waals surface area contributed by atoms with Gasteiger partial charge in [-0.1, -0.05) is 11.6 Å². The van der Waals surface area contributed by atoms with Gasteiger partial charge in [-0.15, -0.1) is 0 Å². The molecule has 0 fully saturated rings. The van der Waals surface area contributed by atoms with Crippen LogP contribution in [-0.2, 0) is 0 Å². The van der Waals surface area contributed by atoms with Crippen LogP contribution < -0.4 is 5.32 Å². The predicted octanol–water partition coefficient (Wildman–Crippen LogP) is 4.02. The van der Waals surface area contributed by atoms with E-state index in [1.54, 1.807) is 18.2 Å². The Balaban J connectivity index is 2.28. The van der Waals surface area contributed by atoms with Crippen LogP contribution in [0.25, 0.3) is 0 Å². The van der Waals surface area contributed by atoms with Crippen LogP contribution in [0, 0.1) is 24.1 Å². The molecule has 0 radical (unpaired) electrons. The summed E-state index contributed by atoms with van der Waals surface area (Å²) in [5.41, 5.74) is 1.70. The van der Waals surface area contributed by atoms with E-state index in [1.165, 1.54) is 12.1 Å². The van der Waals surface area contributed by atoms with Crippen molar-refractivity contribution < 1.29 is 9.18 Å². The Bertz CT molecular complexity index is 722. The number of amides is 1. The minimum absolute atomic E-state index is 0.105. The molecule has 0 atom stereocenters. The van der Waals surface area contributed by atoms with Crippen LogP contribution in [0.1, 0.15) is 21.5 Å². The first-order valence-corrected chi connectivity index (χ1v) is 6.57. The summed E-state index contributed by atoms with van der Waals surface area (Å²) < 4.78 is 13.9. The molecule has 100 valence electrons. The Morgan fingerprint density at radius 2 is 2.05 bits per heavy atom. The van der Waals surface area contributed by atoms with Crippen molar-refractivity contribution in [1.29, 1.82) is 5.26 Å². The Hall–Kier alpha value is -2.19. The lowest BCUT2D eigenvalue weighted by atomic mass is 10.1. The number of aryl methyl sites for hydroxylation is 1. The van der Waals surface area contributed by atoms with E-state index in [9.17, 15) is 9.18 Å². The van der Waals surface area contributed by atoms with E-state index in [0.717, 1.165) is 11.6 Å². The Kier molecular flexibility index (Phi) is 4.16. The van der Waals surface area contributed by atoms with Crippen molar-refractivity contribution in [3.8, 4) is 6.07 Å². The Morgan fingerprint density at radius 3 is 2.75 bits per heavy atom. The molecule has 1 N–H and O–H groups in total. The number of carbonyl (C=O) groups is 1. The number of nitriles is 1. The van der Waals surface area contributed by atoms with E-state index in [2.05, 4.69) is 21.2 Å². The van der Waals surface area contributed by atoms with E-state index < -0.39 is 5.82 Å². The average molecular weight is 333 g/mol. The first kappa shape index (κ1) is 14.2. The molecule has 0 saturated heterocycles. The first-order valence-electron chi connectivity index (χ1n) is 5.78. The van der Waals surface area contributed by atoms with E-state index in [-0.39, 0.29) is 11.5 Å². The highest BCUT2D eigenvalue weighted by molar-refractivity contribution is 9.10. The monoisotopic (exact) mass is 332 g/mol. The van der Waals surface area contributed by atoms with E-state index in [4.69, 9.17) is 5.26 Å². The van der Waals surface area contributed by atoms with Gasteiger partial charge >= 0.3 is 0 Å². The zero-order chi connectivity index (χ0) is 14.7. The van der Waals surface area contributed by atoms with E-state index >= 15 is 0 Å². The SMILES string of the molecule is Cc1ccc(Br)c(C(=O)Nc2ccc(F)c(C#N)c2)c1. The van der Waals surface area contributed by atoms with Crippen LogP contribution in [-0.4, -0.2) is 5.91 Å². The molecule has 2 rings (SSSR count). The van der Waals surface area contributed by atoms with Crippen molar-refractivity contribution in [3.63, 3.8) is 0 Å². The van der Waals surface area contributed by atoms with Crippen LogP contribution in [0.15, 0.2) is 40.9 Å². The van der Waals surface area contributed by atoms with Crippen molar-refractivity contribution >= 4 is 27.5 Å². The topological polar surface area (TPSA) is 52.9 Å². The zero-order valence-corrected chi connectivity index (χ0v) is 12.2. The molecule has 0 aliphatic rings. The molecule has 2 aromatic rings. The third-order valence-corrected chi connectivity index (χ3v) is 3.40. The van der Waals surface area contributed by atoms with Crippen molar-refractivity contribution in [2.75, 3.05) is 5.32 Å². The zero-order valence-electron chi connectivity index (χ0n) is 10.6. The van der Waals surface area contributed by atoms with E-state index in [1.807, 2.05) is 13.0 Å². The quantitative estimate of drug-likeness (QED) is 0.902. The molecule has 2 aromatic carbocycles. The van der Waals surface area contributed by atoms with Crippen molar-refractivity contribution in [1.82, 2.24) is 0 Å². The summed E-state index contributed by atoms with van der Waals surface area (Å²) in [6.45, 7) is 1.88. The molecule has 0 spiro atoms.